The van der Waals surface area contributed by atoms with Gasteiger partial charge in [-0.3, -0.25) is 0 Å². The fourth-order valence-corrected chi connectivity index (χ4v) is 1.83. The Bertz CT molecular complexity index is 209. The lowest BCUT2D eigenvalue weighted by molar-refractivity contribution is 0.473. The summed E-state index contributed by atoms with van der Waals surface area (Å²) in [6.45, 7) is 5.31. The zero-order chi connectivity index (χ0) is 8.97. The molecule has 0 aliphatic rings. The second-order valence-corrected chi connectivity index (χ2v) is 3.87. The van der Waals surface area contributed by atoms with Gasteiger partial charge in [-0.05, 0) is 18.2 Å². The fourth-order valence-electron chi connectivity index (χ4n) is 1.11. The molecule has 1 N–H and O–H groups in total. The average molecular weight is 186 g/mol. The van der Waals surface area contributed by atoms with Crippen LogP contribution in [0.25, 0.3) is 0 Å². The molecular formula is C7H14N4S. The van der Waals surface area contributed by atoms with Crippen LogP contribution in [0.2, 0.25) is 0 Å². The summed E-state index contributed by atoms with van der Waals surface area (Å²) in [5.41, 5.74) is 0. The second-order valence-electron chi connectivity index (χ2n) is 3.11. The van der Waals surface area contributed by atoms with Crippen LogP contribution in [-0.2, 0) is 0 Å². The largest absolute Gasteiger partial charge is 0.319 e. The summed E-state index contributed by atoms with van der Waals surface area (Å²) in [6, 6.07) is 0. The van der Waals surface area contributed by atoms with E-state index in [0.717, 1.165) is 11.6 Å². The molecule has 0 aromatic carbocycles. The van der Waals surface area contributed by atoms with Crippen LogP contribution in [0.15, 0.2) is 0 Å². The van der Waals surface area contributed by atoms with Gasteiger partial charge in [0, 0.05) is 24.0 Å². The van der Waals surface area contributed by atoms with Gasteiger partial charge in [-0.1, -0.05) is 18.3 Å². The molecule has 0 aliphatic carbocycles. The van der Waals surface area contributed by atoms with Crippen molar-refractivity contribution in [1.29, 1.82) is 0 Å². The molecule has 0 fully saturated rings. The molecule has 0 radical (unpaired) electrons. The van der Waals surface area contributed by atoms with E-state index in [-0.39, 0.29) is 0 Å². The third-order valence-electron chi connectivity index (χ3n) is 1.86. The van der Waals surface area contributed by atoms with Crippen LogP contribution in [0, 0.1) is 5.92 Å². The van der Waals surface area contributed by atoms with Crippen molar-refractivity contribution >= 4 is 11.5 Å². The first-order valence-corrected chi connectivity index (χ1v) is 4.82. The van der Waals surface area contributed by atoms with Crippen LogP contribution in [0.5, 0.6) is 0 Å². The van der Waals surface area contributed by atoms with Crippen molar-refractivity contribution in [3.63, 3.8) is 0 Å². The molecule has 68 valence electrons. The van der Waals surface area contributed by atoms with Crippen molar-refractivity contribution in [2.24, 2.45) is 5.92 Å². The molecule has 1 aromatic rings. The van der Waals surface area contributed by atoms with Gasteiger partial charge in [-0.25, -0.2) is 0 Å². The van der Waals surface area contributed by atoms with E-state index in [9.17, 15) is 0 Å². The third kappa shape index (κ3) is 2.22. The number of nitrogens with one attached hydrogen (secondary N) is 1. The molecule has 1 atom stereocenters. The predicted molar refractivity (Wildman–Crippen MR) is 49.2 cm³/mol. The smallest absolute Gasteiger partial charge is 0.142 e. The molecule has 0 saturated carbocycles. The first-order valence-electron chi connectivity index (χ1n) is 4.05. The zero-order valence-corrected chi connectivity index (χ0v) is 8.43. The van der Waals surface area contributed by atoms with Crippen molar-refractivity contribution in [2.45, 2.75) is 19.8 Å². The lowest BCUT2D eigenvalue weighted by atomic mass is 9.97. The molecule has 1 rings (SSSR count). The van der Waals surface area contributed by atoms with Gasteiger partial charge in [0.1, 0.15) is 5.01 Å². The standard InChI is InChI=1S/C7H14N4S/c1-5(2)6(4-8-3)7-9-10-11-12-7/h5-6,8H,4H2,1-3H3. The van der Waals surface area contributed by atoms with Gasteiger partial charge in [-0.2, -0.15) is 0 Å². The van der Waals surface area contributed by atoms with E-state index in [0.29, 0.717) is 11.8 Å². The van der Waals surface area contributed by atoms with Crippen LogP contribution in [0.4, 0.5) is 0 Å². The Hall–Kier alpha value is -0.550. The Labute approximate surface area is 76.5 Å². The summed E-state index contributed by atoms with van der Waals surface area (Å²) in [5, 5.41) is 11.7. The van der Waals surface area contributed by atoms with E-state index >= 15 is 0 Å². The number of nitrogens with zero attached hydrogens (tertiary/aromatic N) is 3. The summed E-state index contributed by atoms with van der Waals surface area (Å²) in [5.74, 6) is 1.02. The molecule has 0 aliphatic heterocycles. The highest BCUT2D eigenvalue weighted by Gasteiger charge is 2.18. The number of likely N-dealkylation sites (N-methyl/N-ethyl adjacent to an activating group) is 1. The first-order chi connectivity index (χ1) is 5.75. The molecule has 4 nitrogen and oxygen atoms in total. The molecule has 0 spiro atoms. The van der Waals surface area contributed by atoms with Crippen LogP contribution >= 0.6 is 11.5 Å². The molecule has 1 aromatic heterocycles. The van der Waals surface area contributed by atoms with Gasteiger partial charge in [-0.15, -0.1) is 5.10 Å². The van der Waals surface area contributed by atoms with E-state index in [4.69, 9.17) is 0 Å². The van der Waals surface area contributed by atoms with E-state index in [1.54, 1.807) is 0 Å². The minimum Gasteiger partial charge on any atom is -0.319 e. The highest BCUT2D eigenvalue weighted by Crippen LogP contribution is 2.23. The van der Waals surface area contributed by atoms with Gasteiger partial charge in [0.2, 0.25) is 0 Å². The first kappa shape index (κ1) is 9.54. The summed E-state index contributed by atoms with van der Waals surface area (Å²) in [6.07, 6.45) is 0. The Balaban J connectivity index is 2.66. The topological polar surface area (TPSA) is 50.7 Å². The minimum atomic E-state index is 0.440. The average Bonchev–Trinajstić information content (AvgIpc) is 2.51. The Morgan fingerprint density at radius 1 is 1.50 bits per heavy atom. The van der Waals surface area contributed by atoms with Gasteiger partial charge in [0.05, 0.1) is 0 Å². The predicted octanol–water partition coefficient (Wildman–Crippen LogP) is 0.892. The Kier molecular flexibility index (Phi) is 3.55. The lowest BCUT2D eigenvalue weighted by Gasteiger charge is -2.16. The maximum Gasteiger partial charge on any atom is 0.142 e. The molecule has 1 heterocycles. The molecule has 12 heavy (non-hydrogen) atoms. The van der Waals surface area contributed by atoms with Gasteiger partial charge in [0.15, 0.2) is 0 Å². The molecule has 0 amide bonds. The van der Waals surface area contributed by atoms with Crippen LogP contribution in [-0.4, -0.2) is 28.4 Å². The monoisotopic (exact) mass is 186 g/mol. The molecular weight excluding hydrogens is 172 g/mol. The normalized spacial score (nSPS) is 13.7. The molecule has 1 unspecified atom stereocenters. The van der Waals surface area contributed by atoms with Crippen molar-refractivity contribution < 1.29 is 0 Å². The van der Waals surface area contributed by atoms with Gasteiger partial charge in [0.25, 0.3) is 0 Å². The summed E-state index contributed by atoms with van der Waals surface area (Å²) in [4.78, 5) is 0. The maximum absolute atomic E-state index is 3.97. The number of hydrogen-bond donors (Lipinski definition) is 1. The highest BCUT2D eigenvalue weighted by molar-refractivity contribution is 7.05. The SMILES string of the molecule is CNCC(c1nnns1)C(C)C. The van der Waals surface area contributed by atoms with Crippen molar-refractivity contribution in [3.8, 4) is 0 Å². The number of hydrogen-bond acceptors (Lipinski definition) is 5. The minimum absolute atomic E-state index is 0.440. The second kappa shape index (κ2) is 4.47. The fraction of sp³-hybridized carbons (Fsp3) is 0.857. The van der Waals surface area contributed by atoms with Crippen LogP contribution in [0.1, 0.15) is 24.8 Å². The van der Waals surface area contributed by atoms with Gasteiger partial charge >= 0.3 is 0 Å². The van der Waals surface area contributed by atoms with Gasteiger partial charge < -0.3 is 5.32 Å². The quantitative estimate of drug-likeness (QED) is 0.758. The summed E-state index contributed by atoms with van der Waals surface area (Å²) < 4.78 is 3.76. The summed E-state index contributed by atoms with van der Waals surface area (Å²) >= 11 is 1.39. The highest BCUT2D eigenvalue weighted by atomic mass is 32.1. The van der Waals surface area contributed by atoms with E-state index < -0.39 is 0 Å². The maximum atomic E-state index is 3.97. The Morgan fingerprint density at radius 3 is 2.67 bits per heavy atom. The summed E-state index contributed by atoms with van der Waals surface area (Å²) in [7, 11) is 1.95. The van der Waals surface area contributed by atoms with Crippen molar-refractivity contribution in [3.05, 3.63) is 5.01 Å². The van der Waals surface area contributed by atoms with Crippen molar-refractivity contribution in [2.75, 3.05) is 13.6 Å². The van der Waals surface area contributed by atoms with E-state index in [1.165, 1.54) is 11.5 Å². The van der Waals surface area contributed by atoms with E-state index in [1.807, 2.05) is 7.05 Å². The third-order valence-corrected chi connectivity index (χ3v) is 2.59. The van der Waals surface area contributed by atoms with Crippen LogP contribution in [0.3, 0.4) is 0 Å². The number of aromatic nitrogens is 3. The molecule has 0 saturated heterocycles. The molecule has 0 bridgehead atoms. The van der Waals surface area contributed by atoms with Crippen molar-refractivity contribution in [1.82, 2.24) is 20.1 Å². The number of rotatable bonds is 4. The zero-order valence-electron chi connectivity index (χ0n) is 7.61. The lowest BCUT2D eigenvalue weighted by Crippen LogP contribution is -2.21. The molecule has 5 heteroatoms. The van der Waals surface area contributed by atoms with E-state index in [2.05, 4.69) is 34.0 Å². The Morgan fingerprint density at radius 2 is 2.25 bits per heavy atom. The van der Waals surface area contributed by atoms with Crippen LogP contribution < -0.4 is 5.32 Å².